The highest BCUT2D eigenvalue weighted by molar-refractivity contribution is 5.94. The summed E-state index contributed by atoms with van der Waals surface area (Å²) in [7, 11) is 0. The van der Waals surface area contributed by atoms with E-state index in [4.69, 9.17) is 10.00 Å². The fourth-order valence-electron chi connectivity index (χ4n) is 6.00. The molecule has 0 radical (unpaired) electrons. The van der Waals surface area contributed by atoms with Gasteiger partial charge in [-0.15, -0.1) is 0 Å². The summed E-state index contributed by atoms with van der Waals surface area (Å²) >= 11 is 0. The fourth-order valence-corrected chi connectivity index (χ4v) is 6.00. The van der Waals surface area contributed by atoms with E-state index in [0.29, 0.717) is 26.1 Å². The Morgan fingerprint density at radius 2 is 2.00 bits per heavy atom. The summed E-state index contributed by atoms with van der Waals surface area (Å²) < 4.78 is 5.47. The molecule has 1 N–H and O–H groups in total. The van der Waals surface area contributed by atoms with Gasteiger partial charge in [0.2, 0.25) is 5.91 Å². The van der Waals surface area contributed by atoms with Crippen molar-refractivity contribution in [3.05, 3.63) is 47.8 Å². The van der Waals surface area contributed by atoms with Crippen LogP contribution in [0.3, 0.4) is 0 Å². The number of nitriles is 2. The van der Waals surface area contributed by atoms with E-state index in [0.717, 1.165) is 28.1 Å². The quantitative estimate of drug-likeness (QED) is 0.701. The van der Waals surface area contributed by atoms with Crippen molar-refractivity contribution in [1.29, 1.82) is 10.5 Å². The Balaban J connectivity index is 1.22. The van der Waals surface area contributed by atoms with Gasteiger partial charge >= 0.3 is 6.09 Å². The van der Waals surface area contributed by atoms with Gasteiger partial charge in [-0.2, -0.15) is 10.5 Å². The number of likely N-dealkylation sites (tertiary alicyclic amines) is 1. The number of nitrogens with zero attached hydrogens (tertiary/aromatic N) is 5. The molecule has 6 rings (SSSR count). The molecular formula is C25H22N6O3. The van der Waals surface area contributed by atoms with Crippen LogP contribution < -0.4 is 10.2 Å². The largest absolute Gasteiger partial charge is 0.442 e. The van der Waals surface area contributed by atoms with Gasteiger partial charge < -0.3 is 15.0 Å². The van der Waals surface area contributed by atoms with E-state index in [2.05, 4.69) is 28.6 Å². The molecule has 1 aliphatic carbocycles. The smallest absolute Gasteiger partial charge is 0.415 e. The number of amides is 2. The summed E-state index contributed by atoms with van der Waals surface area (Å²) in [6, 6.07) is 12.2. The third-order valence-electron chi connectivity index (χ3n) is 7.76. The molecule has 3 unspecified atom stereocenters. The van der Waals surface area contributed by atoms with Crippen molar-refractivity contribution in [1.82, 2.24) is 15.2 Å². The maximum atomic E-state index is 12.5. The Labute approximate surface area is 196 Å². The predicted molar refractivity (Wildman–Crippen MR) is 120 cm³/mol. The van der Waals surface area contributed by atoms with Crippen LogP contribution in [0.1, 0.15) is 18.2 Å². The minimum absolute atomic E-state index is 0.136. The lowest BCUT2D eigenvalue weighted by atomic mass is 9.95. The molecule has 170 valence electrons. The highest BCUT2D eigenvalue weighted by Gasteiger charge is 2.71. The molecule has 9 nitrogen and oxygen atoms in total. The number of fused-ring (bicyclic) bond motifs is 4. The van der Waals surface area contributed by atoms with Gasteiger partial charge in [0.25, 0.3) is 0 Å². The first-order valence-electron chi connectivity index (χ1n) is 11.4. The number of cyclic esters (lactones) is 1. The molecule has 2 amide bonds. The van der Waals surface area contributed by atoms with Gasteiger partial charge in [-0.25, -0.2) is 4.79 Å². The number of ether oxygens (including phenoxy) is 1. The molecule has 3 fully saturated rings. The summed E-state index contributed by atoms with van der Waals surface area (Å²) in [6.07, 6.45) is 3.86. The summed E-state index contributed by atoms with van der Waals surface area (Å²) in [5.74, 6) is 0.168. The van der Waals surface area contributed by atoms with E-state index in [1.165, 1.54) is 6.92 Å². The lowest BCUT2D eigenvalue weighted by Crippen LogP contribution is -2.40. The van der Waals surface area contributed by atoms with E-state index >= 15 is 0 Å². The first-order valence-corrected chi connectivity index (χ1v) is 11.4. The number of rotatable bonds is 4. The summed E-state index contributed by atoms with van der Waals surface area (Å²) in [5.41, 5.74) is 4.01. The zero-order valence-electron chi connectivity index (χ0n) is 18.6. The molecule has 2 aromatic rings. The molecule has 9 heteroatoms. The minimum atomic E-state index is -0.585. The van der Waals surface area contributed by atoms with Crippen molar-refractivity contribution in [3.8, 4) is 23.4 Å². The molecule has 4 aliphatic rings. The normalized spacial score (nSPS) is 30.0. The van der Waals surface area contributed by atoms with Crippen LogP contribution in [0.2, 0.25) is 0 Å². The summed E-state index contributed by atoms with van der Waals surface area (Å²) in [5, 5.41) is 21.7. The maximum Gasteiger partial charge on any atom is 0.415 e. The lowest BCUT2D eigenvalue weighted by Gasteiger charge is -2.17. The van der Waals surface area contributed by atoms with Gasteiger partial charge in [0.1, 0.15) is 11.5 Å². The van der Waals surface area contributed by atoms with Crippen molar-refractivity contribution in [2.24, 2.45) is 11.8 Å². The van der Waals surface area contributed by atoms with E-state index in [1.54, 1.807) is 16.0 Å². The van der Waals surface area contributed by atoms with Crippen molar-refractivity contribution in [2.45, 2.75) is 30.9 Å². The number of piperidine rings is 1. The average Bonchev–Trinajstić information content (AvgIpc) is 3.20. The fraction of sp³-hybridized carbons (Fsp3) is 0.400. The maximum absolute atomic E-state index is 12.5. The van der Waals surface area contributed by atoms with Crippen molar-refractivity contribution in [2.75, 3.05) is 24.5 Å². The molecule has 3 aliphatic heterocycles. The minimum Gasteiger partial charge on any atom is -0.442 e. The monoisotopic (exact) mass is 454 g/mol. The zero-order chi connectivity index (χ0) is 23.6. The molecule has 34 heavy (non-hydrogen) atoms. The van der Waals surface area contributed by atoms with Crippen LogP contribution in [-0.4, -0.2) is 53.7 Å². The Morgan fingerprint density at radius 1 is 1.24 bits per heavy atom. The third-order valence-corrected chi connectivity index (χ3v) is 7.76. The van der Waals surface area contributed by atoms with Crippen molar-refractivity contribution >= 4 is 17.7 Å². The number of hydrogen-bond donors (Lipinski definition) is 1. The number of aromatic nitrogens is 1. The number of anilines is 1. The Kier molecular flexibility index (Phi) is 4.34. The molecule has 1 saturated carbocycles. The first kappa shape index (κ1) is 20.5. The lowest BCUT2D eigenvalue weighted by molar-refractivity contribution is -0.119. The van der Waals surface area contributed by atoms with Crippen molar-refractivity contribution < 1.29 is 14.3 Å². The second kappa shape index (κ2) is 7.19. The number of carbonyl (C=O) groups excluding carboxylic acids is 2. The van der Waals surface area contributed by atoms with Gasteiger partial charge in [0, 0.05) is 43.6 Å². The van der Waals surface area contributed by atoms with Gasteiger partial charge in [0.15, 0.2) is 6.19 Å². The number of benzene rings is 1. The summed E-state index contributed by atoms with van der Waals surface area (Å²) in [6.45, 7) is 2.97. The van der Waals surface area contributed by atoms with E-state index < -0.39 is 5.41 Å². The van der Waals surface area contributed by atoms with E-state index in [1.807, 2.05) is 24.3 Å². The molecule has 0 bridgehead atoms. The van der Waals surface area contributed by atoms with Crippen LogP contribution in [0.5, 0.6) is 0 Å². The second-order valence-corrected chi connectivity index (χ2v) is 9.48. The summed E-state index contributed by atoms with van der Waals surface area (Å²) in [4.78, 5) is 31.8. The molecule has 2 saturated heterocycles. The van der Waals surface area contributed by atoms with Gasteiger partial charge in [-0.3, -0.25) is 14.7 Å². The molecule has 0 spiro atoms. The molecule has 1 aromatic heterocycles. The number of nitrogens with one attached hydrogen (secondary N) is 1. The van der Waals surface area contributed by atoms with Crippen LogP contribution in [0, 0.1) is 34.6 Å². The third kappa shape index (κ3) is 2.80. The average molecular weight is 454 g/mol. The standard InChI is InChI=1S/C25H22N6O3/c1-14(32)28-9-22-21-7-17-6-15(2-4-20(17)31(21)24(33)34-22)16-3-5-23(29-8-16)25(12-26)18-10-30(13-27)11-19(18)25/h2-6,8,18-19,21-22H,7,9-11H2,1H3,(H,28,32)/t18?,19?,21-,22?,25?/m0/s1. The Bertz CT molecular complexity index is 1280. The Morgan fingerprint density at radius 3 is 2.65 bits per heavy atom. The molecule has 1 aromatic carbocycles. The van der Waals surface area contributed by atoms with Crippen LogP contribution in [0.4, 0.5) is 10.5 Å². The number of hydrogen-bond acceptors (Lipinski definition) is 7. The highest BCUT2D eigenvalue weighted by atomic mass is 16.6. The van der Waals surface area contributed by atoms with Crippen LogP contribution >= 0.6 is 0 Å². The first-order chi connectivity index (χ1) is 16.5. The van der Waals surface area contributed by atoms with E-state index in [9.17, 15) is 14.9 Å². The molecule has 4 heterocycles. The second-order valence-electron chi connectivity index (χ2n) is 9.48. The topological polar surface area (TPSA) is 122 Å². The molecular weight excluding hydrogens is 432 g/mol. The predicted octanol–water partition coefficient (Wildman–Crippen LogP) is 1.94. The van der Waals surface area contributed by atoms with Gasteiger partial charge in [-0.1, -0.05) is 12.1 Å². The van der Waals surface area contributed by atoms with E-state index in [-0.39, 0.29) is 36.0 Å². The van der Waals surface area contributed by atoms with Crippen LogP contribution in [-0.2, 0) is 21.4 Å². The molecule has 4 atom stereocenters. The van der Waals surface area contributed by atoms with Crippen LogP contribution in [0.15, 0.2) is 36.5 Å². The number of pyridine rings is 1. The Hall–Kier alpha value is -4.11. The van der Waals surface area contributed by atoms with Crippen LogP contribution in [0.25, 0.3) is 11.1 Å². The zero-order valence-corrected chi connectivity index (χ0v) is 18.6. The highest BCUT2D eigenvalue weighted by Crippen LogP contribution is 2.62. The van der Waals surface area contributed by atoms with Gasteiger partial charge in [0.05, 0.1) is 30.0 Å². The SMILES string of the molecule is CC(=O)NCC1OC(=O)N2c3ccc(-c4ccc(C5(C#N)C6CN(C#N)CC65)nc4)cc3C[C@@H]12. The van der Waals surface area contributed by atoms with Crippen molar-refractivity contribution in [3.63, 3.8) is 0 Å². The number of carbonyl (C=O) groups is 2. The van der Waals surface area contributed by atoms with Gasteiger partial charge in [-0.05, 0) is 35.7 Å².